The van der Waals surface area contributed by atoms with Crippen LogP contribution in [-0.4, -0.2) is 35.1 Å². The third-order valence-corrected chi connectivity index (χ3v) is 11.8. The topological polar surface area (TPSA) is 60.7 Å². The van der Waals surface area contributed by atoms with Crippen molar-refractivity contribution in [1.29, 1.82) is 0 Å². The Labute approximate surface area is 341 Å². The SMILES string of the molecule is OCCCCCCCCCCCCCCCCCCCCCCCCCCCCCCCCCCO.OCCCCCCCCCCCCC[CH2][Au]. The van der Waals surface area contributed by atoms with E-state index in [0.29, 0.717) is 19.8 Å². The van der Waals surface area contributed by atoms with Gasteiger partial charge < -0.3 is 15.3 Å². The van der Waals surface area contributed by atoms with Crippen molar-refractivity contribution in [2.45, 2.75) is 287 Å². The monoisotopic (exact) mass is 921 g/mol. The molecular formula is C48H99AuO3. The maximum absolute atomic E-state index is 8.78. The van der Waals surface area contributed by atoms with Gasteiger partial charge in [-0.1, -0.05) is 193 Å². The molecule has 0 aromatic heterocycles. The molecule has 0 bridgehead atoms. The van der Waals surface area contributed by atoms with Gasteiger partial charge in [0.15, 0.2) is 0 Å². The minimum atomic E-state index is 0.371. The minimum absolute atomic E-state index is 0.371. The van der Waals surface area contributed by atoms with Crippen LogP contribution in [0.1, 0.15) is 283 Å². The summed E-state index contributed by atoms with van der Waals surface area (Å²) in [6.07, 6.45) is 61.0. The van der Waals surface area contributed by atoms with Crippen molar-refractivity contribution in [3.05, 3.63) is 0 Å². The molecule has 0 aliphatic heterocycles. The Balaban J connectivity index is 0. The van der Waals surface area contributed by atoms with Crippen LogP contribution in [0.15, 0.2) is 0 Å². The second-order valence-electron chi connectivity index (χ2n) is 16.4. The molecular weight excluding hydrogens is 821 g/mol. The van der Waals surface area contributed by atoms with E-state index in [4.69, 9.17) is 15.3 Å². The van der Waals surface area contributed by atoms with Crippen molar-refractivity contribution >= 4 is 0 Å². The molecule has 0 saturated carbocycles. The van der Waals surface area contributed by atoms with Gasteiger partial charge in [0, 0.05) is 19.8 Å². The standard InChI is InChI=1S/C34H70O2.C14H29O.Au/c35-33-31-29-27-25-23-21-19-17-15-13-11-9-7-5-3-1-2-4-6-8-10-12-14-16-18-20-22-24-26-28-30-32-34-36;1-2-3-4-5-6-7-8-9-10-11-12-13-14-15;/h35-36H,1-34H2;15H,1-14H2;. The summed E-state index contributed by atoms with van der Waals surface area (Å²) in [4.78, 5) is 0. The molecule has 0 saturated heterocycles. The van der Waals surface area contributed by atoms with Gasteiger partial charge in [-0.25, -0.2) is 0 Å². The summed E-state index contributed by atoms with van der Waals surface area (Å²) in [6.45, 7) is 1.11. The molecule has 4 heteroatoms. The van der Waals surface area contributed by atoms with Gasteiger partial charge in [0.25, 0.3) is 0 Å². The average Bonchev–Trinajstić information content (AvgIpc) is 3.16. The first-order valence-corrected chi connectivity index (χ1v) is 25.7. The van der Waals surface area contributed by atoms with Crippen molar-refractivity contribution in [3.8, 4) is 0 Å². The molecule has 0 heterocycles. The quantitative estimate of drug-likeness (QED) is 0.0421. The fourth-order valence-corrected chi connectivity index (χ4v) is 8.02. The average molecular weight is 921 g/mol. The van der Waals surface area contributed by atoms with Crippen LogP contribution in [0.3, 0.4) is 0 Å². The van der Waals surface area contributed by atoms with Crippen LogP contribution in [0.5, 0.6) is 0 Å². The number of hydrogen-bond acceptors (Lipinski definition) is 3. The molecule has 0 unspecified atom stereocenters. The van der Waals surface area contributed by atoms with E-state index in [9.17, 15) is 0 Å². The Kier molecular flexibility index (Phi) is 58.9. The molecule has 0 aliphatic carbocycles. The molecule has 0 rings (SSSR count). The van der Waals surface area contributed by atoms with E-state index >= 15 is 0 Å². The number of rotatable bonds is 46. The molecule has 0 aliphatic rings. The first-order valence-electron chi connectivity index (χ1n) is 24.2. The van der Waals surface area contributed by atoms with Gasteiger partial charge in [-0.3, -0.25) is 0 Å². The van der Waals surface area contributed by atoms with E-state index in [-0.39, 0.29) is 0 Å². The van der Waals surface area contributed by atoms with Gasteiger partial charge >= 0.3 is 96.3 Å². The van der Waals surface area contributed by atoms with Gasteiger partial charge in [0.1, 0.15) is 0 Å². The summed E-state index contributed by atoms with van der Waals surface area (Å²) in [6, 6.07) is 0. The van der Waals surface area contributed by atoms with Crippen LogP contribution in [-0.2, 0) is 21.1 Å². The molecule has 0 atom stereocenters. The molecule has 0 spiro atoms. The summed E-state index contributed by atoms with van der Waals surface area (Å²) in [5.74, 6) is 0. The van der Waals surface area contributed by atoms with E-state index in [1.165, 1.54) is 268 Å². The number of aliphatic hydroxyl groups excluding tert-OH is 3. The zero-order valence-corrected chi connectivity index (χ0v) is 37.8. The van der Waals surface area contributed by atoms with Gasteiger partial charge in [-0.2, -0.15) is 0 Å². The van der Waals surface area contributed by atoms with Crippen LogP contribution in [0.2, 0.25) is 4.64 Å². The van der Waals surface area contributed by atoms with E-state index in [1.54, 1.807) is 0 Å². The van der Waals surface area contributed by atoms with E-state index in [0.717, 1.165) is 19.3 Å². The van der Waals surface area contributed by atoms with Crippen LogP contribution < -0.4 is 0 Å². The molecule has 0 radical (unpaired) electrons. The predicted octanol–water partition coefficient (Wildman–Crippen LogP) is 16.1. The first-order chi connectivity index (χ1) is 25.8. The van der Waals surface area contributed by atoms with Crippen molar-refractivity contribution in [1.82, 2.24) is 0 Å². The molecule has 320 valence electrons. The fraction of sp³-hybridized carbons (Fsp3) is 1.00. The van der Waals surface area contributed by atoms with Crippen molar-refractivity contribution in [3.63, 3.8) is 0 Å². The molecule has 0 amide bonds. The molecule has 0 aromatic carbocycles. The second-order valence-corrected chi connectivity index (χ2v) is 17.5. The van der Waals surface area contributed by atoms with E-state index < -0.39 is 0 Å². The summed E-state index contributed by atoms with van der Waals surface area (Å²) in [5, 5.41) is 26.2. The van der Waals surface area contributed by atoms with Gasteiger partial charge in [-0.05, 0) is 19.3 Å². The second kappa shape index (κ2) is 56.0. The third kappa shape index (κ3) is 57.3. The summed E-state index contributed by atoms with van der Waals surface area (Å²) in [7, 11) is 0. The molecule has 3 nitrogen and oxygen atoms in total. The van der Waals surface area contributed by atoms with E-state index in [1.807, 2.05) is 0 Å². The van der Waals surface area contributed by atoms with Crippen LogP contribution in [0.25, 0.3) is 0 Å². The van der Waals surface area contributed by atoms with Crippen LogP contribution in [0.4, 0.5) is 0 Å². The number of aliphatic hydroxyl groups is 3. The molecule has 0 fully saturated rings. The predicted molar refractivity (Wildman–Crippen MR) is 229 cm³/mol. The van der Waals surface area contributed by atoms with Crippen molar-refractivity contribution < 1.29 is 36.4 Å². The zero-order valence-electron chi connectivity index (χ0n) is 35.6. The normalized spacial score (nSPS) is 11.3. The summed E-state index contributed by atoms with van der Waals surface area (Å²) in [5.41, 5.74) is 0. The fourth-order valence-electron chi connectivity index (χ4n) is 7.48. The molecule has 0 aromatic rings. The Bertz CT molecular complexity index is 512. The number of hydrogen-bond donors (Lipinski definition) is 3. The zero-order chi connectivity index (χ0) is 37.9. The first kappa shape index (κ1) is 54.7. The van der Waals surface area contributed by atoms with Gasteiger partial charge in [-0.15, -0.1) is 0 Å². The molecule has 3 N–H and O–H groups in total. The van der Waals surface area contributed by atoms with Crippen LogP contribution >= 0.6 is 0 Å². The maximum atomic E-state index is 8.78. The van der Waals surface area contributed by atoms with Crippen molar-refractivity contribution in [2.75, 3.05) is 19.8 Å². The number of unbranched alkanes of at least 4 members (excludes halogenated alkanes) is 42. The summed E-state index contributed by atoms with van der Waals surface area (Å²) < 4.78 is 1.30. The summed E-state index contributed by atoms with van der Waals surface area (Å²) >= 11 is 2.63. The Morgan fingerprint density at radius 2 is 0.250 bits per heavy atom. The Morgan fingerprint density at radius 3 is 0.346 bits per heavy atom. The Morgan fingerprint density at radius 1 is 0.154 bits per heavy atom. The van der Waals surface area contributed by atoms with E-state index in [2.05, 4.69) is 21.1 Å². The molecule has 52 heavy (non-hydrogen) atoms. The van der Waals surface area contributed by atoms with Gasteiger partial charge in [0.2, 0.25) is 0 Å². The van der Waals surface area contributed by atoms with Crippen molar-refractivity contribution in [2.24, 2.45) is 0 Å². The third-order valence-electron chi connectivity index (χ3n) is 11.1. The van der Waals surface area contributed by atoms with Gasteiger partial charge in [0.05, 0.1) is 0 Å². The Hall–Kier alpha value is 0.620. The van der Waals surface area contributed by atoms with Crippen LogP contribution in [0, 0.1) is 0 Å².